The van der Waals surface area contributed by atoms with Crippen LogP contribution in [0, 0.1) is 40.3 Å². The summed E-state index contributed by atoms with van der Waals surface area (Å²) in [5, 5.41) is 26.8. The number of nitro groups is 1. The average molecular weight is 423 g/mol. The van der Waals surface area contributed by atoms with Crippen LogP contribution in [-0.4, -0.2) is 15.4 Å². The Balaban J connectivity index is 0.000000527. The first-order valence-corrected chi connectivity index (χ1v) is 7.73. The molecule has 11 heteroatoms. The molecule has 0 heterocycles. The summed E-state index contributed by atoms with van der Waals surface area (Å²) in [6.45, 7) is 3.60. The zero-order valence-corrected chi connectivity index (χ0v) is 15.0. The van der Waals surface area contributed by atoms with Crippen LogP contribution in [0.5, 0.6) is 0 Å². The third-order valence-corrected chi connectivity index (χ3v) is 3.81. The summed E-state index contributed by atoms with van der Waals surface area (Å²) in [7, 11) is 0. The van der Waals surface area contributed by atoms with Crippen LogP contribution in [0.1, 0.15) is 50.2 Å². The van der Waals surface area contributed by atoms with Crippen molar-refractivity contribution in [3.8, 4) is 0 Å². The highest BCUT2D eigenvalue weighted by molar-refractivity contribution is 5.33. The Morgan fingerprint density at radius 3 is 1.66 bits per heavy atom. The van der Waals surface area contributed by atoms with Gasteiger partial charge in [0.2, 0.25) is 0 Å². The smallest absolute Gasteiger partial charge is 0.258 e. The van der Waals surface area contributed by atoms with Crippen molar-refractivity contribution in [1.82, 2.24) is 0 Å². The molecule has 0 spiro atoms. The summed E-state index contributed by atoms with van der Waals surface area (Å²) in [5.74, 6) is -6.11. The van der Waals surface area contributed by atoms with Gasteiger partial charge in [-0.25, -0.2) is 27.3 Å². The molecule has 0 aliphatic rings. The molecule has 0 radical (unpaired) electrons. The fourth-order valence-electron chi connectivity index (χ4n) is 2.10. The molecule has 29 heavy (non-hydrogen) atoms. The predicted octanol–water partition coefficient (Wildman–Crippen LogP) is 5.88. The number of halogens is 4. The molecule has 2 atom stereocenters. The van der Waals surface area contributed by atoms with Crippen molar-refractivity contribution in [2.75, 3.05) is 0 Å². The fourth-order valence-corrected chi connectivity index (χ4v) is 2.10. The molecule has 2 rings (SSSR count). The summed E-state index contributed by atoms with van der Waals surface area (Å²) in [4.78, 5) is 17.5. The van der Waals surface area contributed by atoms with Gasteiger partial charge in [0.15, 0.2) is 23.3 Å². The molecule has 2 unspecified atom stereocenters. The third-order valence-electron chi connectivity index (χ3n) is 3.81. The highest BCUT2D eigenvalue weighted by Gasteiger charge is 2.26. The average Bonchev–Trinajstić information content (AvgIpc) is 2.70. The van der Waals surface area contributed by atoms with Crippen LogP contribution in [-0.2, 0) is 9.78 Å². The van der Waals surface area contributed by atoms with Crippen LogP contribution in [0.25, 0.3) is 0 Å². The van der Waals surface area contributed by atoms with Crippen LogP contribution >= 0.6 is 0 Å². The maximum Gasteiger partial charge on any atom is 0.269 e. The van der Waals surface area contributed by atoms with E-state index in [0.717, 1.165) is 13.8 Å². The van der Waals surface area contributed by atoms with E-state index < -0.39 is 51.5 Å². The lowest BCUT2D eigenvalue weighted by Crippen LogP contribution is -2.10. The summed E-state index contributed by atoms with van der Waals surface area (Å²) < 4.78 is 52.4. The quantitative estimate of drug-likeness (QED) is 0.205. The molecule has 7 nitrogen and oxygen atoms in total. The zero-order chi connectivity index (χ0) is 21.6. The van der Waals surface area contributed by atoms with Crippen LogP contribution in [0.15, 0.2) is 24.3 Å². The second-order valence-electron chi connectivity index (χ2n) is 5.64. The maximum absolute atomic E-state index is 13.2. The Kier molecular flexibility index (Phi) is 10.4. The monoisotopic (exact) mass is 423 g/mol. The zero-order valence-electron chi connectivity index (χ0n) is 15.0. The molecule has 2 N–H and O–H groups in total. The molecule has 0 aliphatic heterocycles. The lowest BCUT2D eigenvalue weighted by molar-refractivity contribution is -0.384. The molecule has 0 fully saturated rings. The molecule has 0 amide bonds. The fraction of sp³-hybridized carbons (Fsp3) is 0.333. The van der Waals surface area contributed by atoms with Gasteiger partial charge in [0.25, 0.3) is 5.69 Å². The second kappa shape index (κ2) is 11.4. The van der Waals surface area contributed by atoms with Gasteiger partial charge in [-0.05, 0) is 38.5 Å². The molecule has 2 aromatic rings. The van der Waals surface area contributed by atoms with E-state index in [4.69, 9.17) is 10.5 Å². The number of non-ortho nitro benzene ring substituents is 1. The first-order chi connectivity index (χ1) is 13.1. The summed E-state index contributed by atoms with van der Waals surface area (Å²) >= 11 is 0. The topological polar surface area (TPSA) is 102 Å². The Hall–Kier alpha value is -2.60. The van der Waals surface area contributed by atoms with Gasteiger partial charge >= 0.3 is 0 Å². The van der Waals surface area contributed by atoms with E-state index in [9.17, 15) is 27.7 Å². The van der Waals surface area contributed by atoms with Crippen LogP contribution in [0.2, 0.25) is 0 Å². The van der Waals surface area contributed by atoms with Crippen molar-refractivity contribution in [3.05, 3.63) is 74.3 Å². The summed E-state index contributed by atoms with van der Waals surface area (Å²) in [6.07, 6.45) is -1.96. The number of nitrogens with zero attached hydrogens (tertiary/aromatic N) is 1. The van der Waals surface area contributed by atoms with Crippen molar-refractivity contribution >= 4 is 5.69 Å². The minimum atomic E-state index is -1.56. The third kappa shape index (κ3) is 6.19. The van der Waals surface area contributed by atoms with Gasteiger partial charge in [-0.2, -0.15) is 0 Å². The molecule has 162 valence electrons. The Morgan fingerprint density at radius 2 is 1.31 bits per heavy atom. The number of nitro benzene ring substituents is 1. The van der Waals surface area contributed by atoms with E-state index in [1.165, 1.54) is 12.1 Å². The first kappa shape index (κ1) is 26.4. The molecule has 0 saturated heterocycles. The van der Waals surface area contributed by atoms with Crippen molar-refractivity contribution in [2.45, 2.75) is 40.4 Å². The van der Waals surface area contributed by atoms with Crippen LogP contribution in [0.3, 0.4) is 0 Å². The van der Waals surface area contributed by atoms with Gasteiger partial charge < -0.3 is 0 Å². The van der Waals surface area contributed by atoms with E-state index in [2.05, 4.69) is 9.78 Å². The van der Waals surface area contributed by atoms with Gasteiger partial charge in [0, 0.05) is 17.7 Å². The van der Waals surface area contributed by atoms with Gasteiger partial charge in [0.1, 0.15) is 12.2 Å². The van der Waals surface area contributed by atoms with E-state index in [1.807, 2.05) is 0 Å². The highest BCUT2D eigenvalue weighted by atomic mass is 19.2. The standard InChI is InChI=1S/C9H8F4O2.C8H9NO4.CH4/c1-3-6(10)8(12)5(4(2)15-14)9(13)7(3)11;1-6(13-12)7-2-4-8(5-3-7)9(10)11;/h4,14H,1-2H3;2-6,12H,1H3;1H4. The maximum atomic E-state index is 13.2. The number of hydrogen-bond acceptors (Lipinski definition) is 6. The Morgan fingerprint density at radius 1 is 0.897 bits per heavy atom. The molecular formula is C18H21F4NO6. The Labute approximate surface area is 164 Å². The predicted molar refractivity (Wildman–Crippen MR) is 95.1 cm³/mol. The number of rotatable bonds is 5. The van der Waals surface area contributed by atoms with Gasteiger partial charge in [0.05, 0.1) is 10.5 Å². The lowest BCUT2D eigenvalue weighted by atomic mass is 10.1. The first-order valence-electron chi connectivity index (χ1n) is 7.73. The van der Waals surface area contributed by atoms with E-state index >= 15 is 0 Å². The van der Waals surface area contributed by atoms with E-state index in [-0.39, 0.29) is 13.1 Å². The largest absolute Gasteiger partial charge is 0.269 e. The van der Waals surface area contributed by atoms with E-state index in [1.54, 1.807) is 19.1 Å². The second-order valence-corrected chi connectivity index (χ2v) is 5.64. The molecule has 2 aromatic carbocycles. The summed E-state index contributed by atoms with van der Waals surface area (Å²) in [6, 6.07) is 5.81. The van der Waals surface area contributed by atoms with Crippen LogP contribution < -0.4 is 0 Å². The summed E-state index contributed by atoms with van der Waals surface area (Å²) in [5.41, 5.74) is -1.01. The number of hydrogen-bond donors (Lipinski definition) is 2. The van der Waals surface area contributed by atoms with Crippen molar-refractivity contribution in [3.63, 3.8) is 0 Å². The van der Waals surface area contributed by atoms with Gasteiger partial charge in [-0.15, -0.1) is 0 Å². The lowest BCUT2D eigenvalue weighted by Gasteiger charge is -2.13. The molecular weight excluding hydrogens is 402 g/mol. The van der Waals surface area contributed by atoms with E-state index in [0.29, 0.717) is 5.56 Å². The minimum Gasteiger partial charge on any atom is -0.258 e. The van der Waals surface area contributed by atoms with Gasteiger partial charge in [-0.1, -0.05) is 7.43 Å². The molecule has 0 aromatic heterocycles. The van der Waals surface area contributed by atoms with Crippen molar-refractivity contribution in [2.24, 2.45) is 0 Å². The van der Waals surface area contributed by atoms with Crippen molar-refractivity contribution < 1.29 is 42.8 Å². The number of benzene rings is 2. The van der Waals surface area contributed by atoms with Crippen molar-refractivity contribution in [1.29, 1.82) is 0 Å². The molecule has 0 aliphatic carbocycles. The molecule has 0 saturated carbocycles. The minimum absolute atomic E-state index is 0. The van der Waals surface area contributed by atoms with Crippen LogP contribution in [0.4, 0.5) is 23.2 Å². The normalized spacial score (nSPS) is 12.3. The molecule has 0 bridgehead atoms. The van der Waals surface area contributed by atoms with Gasteiger partial charge in [-0.3, -0.25) is 20.6 Å². The Bertz CT molecular complexity index is 803. The highest BCUT2D eigenvalue weighted by Crippen LogP contribution is 2.29. The SMILES string of the molecule is C.CC(OO)c1ccc([N+](=O)[O-])cc1.Cc1c(F)c(F)c(C(C)OO)c(F)c1F.